The summed E-state index contributed by atoms with van der Waals surface area (Å²) in [5.74, 6) is -1.90. The van der Waals surface area contributed by atoms with E-state index in [0.717, 1.165) is 34.3 Å². The lowest BCUT2D eigenvalue weighted by Crippen LogP contribution is -2.22. The van der Waals surface area contributed by atoms with Crippen molar-refractivity contribution >= 4 is 57.5 Å². The van der Waals surface area contributed by atoms with Gasteiger partial charge in [-0.05, 0) is 36.1 Å². The summed E-state index contributed by atoms with van der Waals surface area (Å²) >= 11 is 8.42. The summed E-state index contributed by atoms with van der Waals surface area (Å²) in [6.45, 7) is 1.41. The molecular weight excluding hydrogens is 450 g/mol. The number of primary amides is 1. The number of amides is 2. The van der Waals surface area contributed by atoms with Crippen molar-refractivity contribution in [2.45, 2.75) is 12.1 Å². The van der Waals surface area contributed by atoms with Crippen LogP contribution in [0.25, 0.3) is 5.69 Å². The predicted molar refractivity (Wildman–Crippen MR) is 114 cm³/mol. The van der Waals surface area contributed by atoms with E-state index >= 15 is 0 Å². The first-order valence-corrected chi connectivity index (χ1v) is 10.7. The molecule has 1 aromatic carbocycles. The maximum absolute atomic E-state index is 12.0. The number of carbonyl (C=O) groups excluding carboxylic acids is 3. The quantitative estimate of drug-likeness (QED) is 0.386. The molecule has 0 saturated carbocycles. The number of nitrogens with zero attached hydrogens (tertiary/aromatic N) is 3. The molecule has 3 rings (SSSR count). The van der Waals surface area contributed by atoms with Gasteiger partial charge in [0.1, 0.15) is 11.3 Å². The van der Waals surface area contributed by atoms with E-state index in [1.165, 1.54) is 12.4 Å². The molecule has 0 aliphatic carbocycles. The van der Waals surface area contributed by atoms with E-state index in [2.05, 4.69) is 15.5 Å². The van der Waals surface area contributed by atoms with Gasteiger partial charge in [0.05, 0.1) is 17.0 Å². The fourth-order valence-corrected chi connectivity index (χ4v) is 4.02. The molecule has 3 aromatic rings. The largest absolute Gasteiger partial charge is 0.455 e. The van der Waals surface area contributed by atoms with E-state index in [-0.39, 0.29) is 11.3 Å². The lowest BCUT2D eigenvalue weighted by atomic mass is 10.2. The third kappa shape index (κ3) is 5.38. The molecule has 0 aliphatic rings. The molecule has 12 heteroatoms. The minimum Gasteiger partial charge on any atom is -0.455 e. The Kier molecular flexibility index (Phi) is 7.08. The first-order chi connectivity index (χ1) is 14.3. The first-order valence-electron chi connectivity index (χ1n) is 8.47. The number of nitrogens with two attached hydrogens (primary N) is 1. The van der Waals surface area contributed by atoms with Crippen LogP contribution in [0.15, 0.2) is 41.1 Å². The fourth-order valence-electron chi connectivity index (χ4n) is 2.31. The summed E-state index contributed by atoms with van der Waals surface area (Å²) < 4.78 is 6.66. The number of benzene rings is 1. The molecule has 0 aliphatic heterocycles. The van der Waals surface area contributed by atoms with E-state index < -0.39 is 24.4 Å². The Balaban J connectivity index is 1.51. The number of nitrogens with one attached hydrogen (secondary N) is 1. The summed E-state index contributed by atoms with van der Waals surface area (Å²) in [4.78, 5) is 35.2. The highest BCUT2D eigenvalue weighted by Crippen LogP contribution is 2.24. The van der Waals surface area contributed by atoms with Crippen molar-refractivity contribution in [3.63, 3.8) is 0 Å². The monoisotopic (exact) mass is 465 g/mol. The van der Waals surface area contributed by atoms with Crippen LogP contribution in [0.2, 0.25) is 5.02 Å². The van der Waals surface area contributed by atoms with Crippen molar-refractivity contribution in [1.82, 2.24) is 14.8 Å². The molecule has 30 heavy (non-hydrogen) atoms. The number of hydrogen-bond donors (Lipinski definition) is 2. The smallest absolute Gasteiger partial charge is 0.316 e. The van der Waals surface area contributed by atoms with Crippen molar-refractivity contribution in [3.05, 3.63) is 52.1 Å². The molecule has 9 nitrogen and oxygen atoms in total. The number of halogens is 1. The number of carbonyl (C=O) groups is 3. The summed E-state index contributed by atoms with van der Waals surface area (Å²) in [5, 5.41) is 13.4. The first kappa shape index (κ1) is 21.8. The van der Waals surface area contributed by atoms with Crippen molar-refractivity contribution in [1.29, 1.82) is 0 Å². The van der Waals surface area contributed by atoms with Crippen LogP contribution < -0.4 is 11.1 Å². The van der Waals surface area contributed by atoms with Gasteiger partial charge in [0.2, 0.25) is 0 Å². The zero-order valence-electron chi connectivity index (χ0n) is 15.6. The van der Waals surface area contributed by atoms with E-state index in [1.807, 2.05) is 19.1 Å². The number of thiophene rings is 1. The van der Waals surface area contributed by atoms with Crippen LogP contribution in [0, 0.1) is 6.92 Å². The normalized spacial score (nSPS) is 10.6. The number of esters is 1. The van der Waals surface area contributed by atoms with E-state index in [0.29, 0.717) is 15.2 Å². The van der Waals surface area contributed by atoms with Gasteiger partial charge in [-0.2, -0.15) is 0 Å². The molecular formula is C18H16ClN5O4S2. The number of aryl methyl sites for hydroxylation is 1. The Morgan fingerprint density at radius 3 is 2.87 bits per heavy atom. The summed E-state index contributed by atoms with van der Waals surface area (Å²) in [5.41, 5.74) is 7.12. The van der Waals surface area contributed by atoms with Crippen LogP contribution in [0.5, 0.6) is 0 Å². The second kappa shape index (κ2) is 9.74. The maximum Gasteiger partial charge on any atom is 0.316 e. The Morgan fingerprint density at radius 1 is 1.33 bits per heavy atom. The molecule has 2 aromatic heterocycles. The average molecular weight is 466 g/mol. The maximum atomic E-state index is 12.0. The summed E-state index contributed by atoms with van der Waals surface area (Å²) in [6.07, 6.45) is 1.51. The molecule has 2 amide bonds. The Hall–Kier alpha value is -2.89. The number of hydrogen-bond acceptors (Lipinski definition) is 8. The predicted octanol–water partition coefficient (Wildman–Crippen LogP) is 2.66. The zero-order chi connectivity index (χ0) is 21.7. The molecule has 0 bridgehead atoms. The lowest BCUT2D eigenvalue weighted by Gasteiger charge is -2.08. The topological polar surface area (TPSA) is 129 Å². The van der Waals surface area contributed by atoms with Crippen molar-refractivity contribution in [3.8, 4) is 5.69 Å². The zero-order valence-corrected chi connectivity index (χ0v) is 18.0. The van der Waals surface area contributed by atoms with Gasteiger partial charge in [0.25, 0.3) is 11.8 Å². The standard InChI is InChI=1S/C18H16ClN5O4S2/c1-10-2-3-11(6-13(10)19)24-9-21-23-18(24)30-8-15(26)28-7-14(25)22-17-12(16(20)27)4-5-29-17/h2-6,9H,7-8H2,1H3,(H2,20,27)(H,22,25). The molecule has 0 fully saturated rings. The van der Waals surface area contributed by atoms with Gasteiger partial charge in [-0.15, -0.1) is 21.5 Å². The van der Waals surface area contributed by atoms with Gasteiger partial charge in [-0.1, -0.05) is 29.4 Å². The van der Waals surface area contributed by atoms with Gasteiger partial charge >= 0.3 is 5.97 Å². The van der Waals surface area contributed by atoms with Crippen molar-refractivity contribution < 1.29 is 19.1 Å². The molecule has 156 valence electrons. The Bertz CT molecular complexity index is 1100. The van der Waals surface area contributed by atoms with Crippen LogP contribution in [0.3, 0.4) is 0 Å². The van der Waals surface area contributed by atoms with Crippen LogP contribution >= 0.6 is 34.7 Å². The van der Waals surface area contributed by atoms with Gasteiger partial charge in [0.15, 0.2) is 11.8 Å². The van der Waals surface area contributed by atoms with Crippen molar-refractivity contribution in [2.75, 3.05) is 17.7 Å². The van der Waals surface area contributed by atoms with E-state index in [4.69, 9.17) is 22.1 Å². The molecule has 0 unspecified atom stereocenters. The van der Waals surface area contributed by atoms with Crippen LogP contribution in [0.4, 0.5) is 5.00 Å². The minimum atomic E-state index is -0.654. The number of ether oxygens (including phenoxy) is 1. The number of aromatic nitrogens is 3. The number of thioether (sulfide) groups is 1. The van der Waals surface area contributed by atoms with Crippen molar-refractivity contribution in [2.24, 2.45) is 5.73 Å². The molecule has 0 atom stereocenters. The molecule has 3 N–H and O–H groups in total. The summed E-state index contributed by atoms with van der Waals surface area (Å²) in [6, 6.07) is 7.01. The van der Waals surface area contributed by atoms with E-state index in [1.54, 1.807) is 16.0 Å². The highest BCUT2D eigenvalue weighted by atomic mass is 35.5. The fraction of sp³-hybridized carbons (Fsp3) is 0.167. The van der Waals surface area contributed by atoms with Gasteiger partial charge < -0.3 is 15.8 Å². The third-order valence-electron chi connectivity index (χ3n) is 3.82. The summed E-state index contributed by atoms with van der Waals surface area (Å²) in [7, 11) is 0. The van der Waals surface area contributed by atoms with Crippen LogP contribution in [-0.4, -0.2) is 44.9 Å². The molecule has 0 radical (unpaired) electrons. The second-order valence-electron chi connectivity index (χ2n) is 5.94. The highest BCUT2D eigenvalue weighted by Gasteiger charge is 2.15. The minimum absolute atomic E-state index is 0.0723. The molecule has 0 saturated heterocycles. The molecule has 2 heterocycles. The van der Waals surface area contributed by atoms with E-state index in [9.17, 15) is 14.4 Å². The SMILES string of the molecule is Cc1ccc(-n2cnnc2SCC(=O)OCC(=O)Nc2sccc2C(N)=O)cc1Cl. The Morgan fingerprint density at radius 2 is 2.13 bits per heavy atom. The van der Waals surface area contributed by atoms with Gasteiger partial charge in [0, 0.05) is 5.02 Å². The van der Waals surface area contributed by atoms with Crippen LogP contribution in [0.1, 0.15) is 15.9 Å². The number of rotatable bonds is 8. The highest BCUT2D eigenvalue weighted by molar-refractivity contribution is 7.99. The van der Waals surface area contributed by atoms with Gasteiger partial charge in [-0.25, -0.2) is 0 Å². The second-order valence-corrected chi connectivity index (χ2v) is 8.21. The average Bonchev–Trinajstić information content (AvgIpc) is 3.36. The van der Waals surface area contributed by atoms with Gasteiger partial charge in [-0.3, -0.25) is 19.0 Å². The third-order valence-corrected chi connectivity index (χ3v) is 5.97. The Labute approximate surface area is 184 Å². The number of anilines is 1. The molecule has 0 spiro atoms. The lowest BCUT2D eigenvalue weighted by molar-refractivity contribution is -0.144. The van der Waals surface area contributed by atoms with Crippen LogP contribution in [-0.2, 0) is 14.3 Å².